The van der Waals surface area contributed by atoms with Crippen LogP contribution in [0.1, 0.15) is 12.0 Å². The Kier molecular flexibility index (Phi) is 4.92. The van der Waals surface area contributed by atoms with Crippen LogP contribution in [0.4, 0.5) is 0 Å². The normalized spacial score (nSPS) is 11.7. The molecule has 15 heavy (non-hydrogen) atoms. The van der Waals surface area contributed by atoms with Gasteiger partial charge in [-0.3, -0.25) is 0 Å². The molecule has 4 N–H and O–H groups in total. The number of thioether (sulfide) groups is 1. The topological polar surface area (TPSA) is 91.7 Å². The minimum atomic E-state index is 0.0504. The number of aliphatic hydroxyl groups is 1. The van der Waals surface area contributed by atoms with E-state index in [0.717, 1.165) is 17.2 Å². The number of hydrogen-bond acceptors (Lipinski definition) is 5. The molecule has 0 atom stereocenters. The van der Waals surface area contributed by atoms with E-state index in [-0.39, 0.29) is 12.4 Å². The highest BCUT2D eigenvalue weighted by molar-refractivity contribution is 7.99. The maximum atomic E-state index is 8.60. The van der Waals surface area contributed by atoms with Crippen molar-refractivity contribution in [1.82, 2.24) is 4.98 Å². The van der Waals surface area contributed by atoms with E-state index < -0.39 is 0 Å². The third kappa shape index (κ3) is 3.77. The van der Waals surface area contributed by atoms with Gasteiger partial charge in [-0.15, -0.1) is 11.8 Å². The third-order valence-electron chi connectivity index (χ3n) is 1.69. The molecule has 1 rings (SSSR count). The molecule has 1 heterocycles. The molecule has 82 valence electrons. The Labute approximate surface area is 92.0 Å². The summed E-state index contributed by atoms with van der Waals surface area (Å²) in [6, 6.07) is 3.54. The van der Waals surface area contributed by atoms with Crippen LogP contribution in [0.3, 0.4) is 0 Å². The molecule has 0 unspecified atom stereocenters. The van der Waals surface area contributed by atoms with Gasteiger partial charge in [-0.25, -0.2) is 4.98 Å². The quantitative estimate of drug-likeness (QED) is 0.171. The van der Waals surface area contributed by atoms with Crippen molar-refractivity contribution in [1.29, 1.82) is 0 Å². The number of pyridine rings is 1. The first kappa shape index (κ1) is 11.8. The van der Waals surface area contributed by atoms with Crippen LogP contribution >= 0.6 is 11.8 Å². The van der Waals surface area contributed by atoms with E-state index in [2.05, 4.69) is 10.1 Å². The van der Waals surface area contributed by atoms with Gasteiger partial charge in [0.1, 0.15) is 0 Å². The summed E-state index contributed by atoms with van der Waals surface area (Å²) in [4.78, 5) is 4.13. The molecular weight excluding hydrogens is 214 g/mol. The number of hydrogen-bond donors (Lipinski definition) is 3. The molecule has 0 aliphatic heterocycles. The summed E-state index contributed by atoms with van der Waals surface area (Å²) in [6.45, 7) is 0.190. The van der Waals surface area contributed by atoms with Gasteiger partial charge >= 0.3 is 0 Å². The van der Waals surface area contributed by atoms with Crippen LogP contribution in [0.15, 0.2) is 28.5 Å². The predicted molar refractivity (Wildman–Crippen MR) is 59.2 cm³/mol. The van der Waals surface area contributed by atoms with Gasteiger partial charge in [-0.1, -0.05) is 5.16 Å². The fourth-order valence-electron chi connectivity index (χ4n) is 0.916. The fraction of sp³-hybridized carbons (Fsp3) is 0.333. The lowest BCUT2D eigenvalue weighted by Gasteiger charge is -2.01. The van der Waals surface area contributed by atoms with Gasteiger partial charge in [0.05, 0.1) is 5.03 Å². The monoisotopic (exact) mass is 227 g/mol. The molecule has 5 nitrogen and oxygen atoms in total. The van der Waals surface area contributed by atoms with Gasteiger partial charge in [-0.2, -0.15) is 0 Å². The predicted octanol–water partition coefficient (Wildman–Crippen LogP) is 0.651. The number of amidine groups is 1. The lowest BCUT2D eigenvalue weighted by atomic mass is 10.3. The molecule has 6 heteroatoms. The number of aromatic nitrogens is 1. The highest BCUT2D eigenvalue weighted by Crippen LogP contribution is 2.15. The Balaban J connectivity index is 2.56. The van der Waals surface area contributed by atoms with Gasteiger partial charge < -0.3 is 16.0 Å². The van der Waals surface area contributed by atoms with Crippen molar-refractivity contribution in [2.45, 2.75) is 11.4 Å². The summed E-state index contributed by atoms with van der Waals surface area (Å²) in [5.41, 5.74) is 5.97. The van der Waals surface area contributed by atoms with E-state index in [9.17, 15) is 0 Å². The van der Waals surface area contributed by atoms with E-state index in [1.165, 1.54) is 0 Å². The summed E-state index contributed by atoms with van der Waals surface area (Å²) in [7, 11) is 0. The summed E-state index contributed by atoms with van der Waals surface area (Å²) in [5.74, 6) is 0.876. The number of nitrogens with zero attached hydrogens (tertiary/aromatic N) is 2. The minimum Gasteiger partial charge on any atom is -0.409 e. The maximum Gasteiger partial charge on any atom is 0.171 e. The van der Waals surface area contributed by atoms with Crippen molar-refractivity contribution in [3.63, 3.8) is 0 Å². The van der Waals surface area contributed by atoms with Crippen LogP contribution in [0, 0.1) is 0 Å². The molecule has 0 aromatic carbocycles. The molecular formula is C9H13N3O2S. The lowest BCUT2D eigenvalue weighted by Crippen LogP contribution is -2.13. The number of nitrogens with two attached hydrogens (primary N) is 1. The van der Waals surface area contributed by atoms with Crippen LogP contribution in [0.2, 0.25) is 0 Å². The summed E-state index contributed by atoms with van der Waals surface area (Å²) in [6.07, 6.45) is 2.30. The van der Waals surface area contributed by atoms with Gasteiger partial charge in [0.15, 0.2) is 5.84 Å². The largest absolute Gasteiger partial charge is 0.409 e. The summed E-state index contributed by atoms with van der Waals surface area (Å²) < 4.78 is 0. The van der Waals surface area contributed by atoms with E-state index >= 15 is 0 Å². The molecule has 0 spiro atoms. The van der Waals surface area contributed by atoms with E-state index in [1.807, 2.05) is 0 Å². The lowest BCUT2D eigenvalue weighted by molar-refractivity contribution is 0.296. The van der Waals surface area contributed by atoms with Crippen LogP contribution in [-0.2, 0) is 0 Å². The zero-order chi connectivity index (χ0) is 11.1. The molecule has 0 amide bonds. The first-order valence-electron chi connectivity index (χ1n) is 4.45. The first-order chi connectivity index (χ1) is 7.27. The van der Waals surface area contributed by atoms with Crippen molar-refractivity contribution in [2.75, 3.05) is 12.4 Å². The standard InChI is InChI=1S/C9H13N3O2S/c10-9(12-14)7-2-3-8(11-6-7)15-5-1-4-13/h2-3,6,13-14H,1,4-5H2,(H2,10,12). The Morgan fingerprint density at radius 2 is 2.33 bits per heavy atom. The SMILES string of the molecule is NC(=NO)c1ccc(SCCCO)nc1. The zero-order valence-corrected chi connectivity index (χ0v) is 8.94. The maximum absolute atomic E-state index is 8.60. The van der Waals surface area contributed by atoms with Crippen LogP contribution < -0.4 is 5.73 Å². The van der Waals surface area contributed by atoms with Crippen molar-refractivity contribution >= 4 is 17.6 Å². The molecule has 0 radical (unpaired) electrons. The molecule has 1 aromatic heterocycles. The Morgan fingerprint density at radius 3 is 2.87 bits per heavy atom. The molecule has 0 aliphatic carbocycles. The van der Waals surface area contributed by atoms with Gasteiger partial charge in [0, 0.05) is 24.1 Å². The second kappa shape index (κ2) is 6.26. The highest BCUT2D eigenvalue weighted by Gasteiger charge is 2.00. The second-order valence-electron chi connectivity index (χ2n) is 2.80. The summed E-state index contributed by atoms with van der Waals surface area (Å²) >= 11 is 1.56. The van der Waals surface area contributed by atoms with Gasteiger partial charge in [0.2, 0.25) is 0 Å². The van der Waals surface area contributed by atoms with Crippen LogP contribution in [0.5, 0.6) is 0 Å². The molecule has 0 saturated carbocycles. The smallest absolute Gasteiger partial charge is 0.171 e. The number of oxime groups is 1. The molecule has 0 aliphatic rings. The van der Waals surface area contributed by atoms with Crippen molar-refractivity contribution in [3.8, 4) is 0 Å². The minimum absolute atomic E-state index is 0.0504. The molecule has 1 aromatic rings. The molecule has 0 saturated heterocycles. The average molecular weight is 227 g/mol. The van der Waals surface area contributed by atoms with Crippen LogP contribution in [-0.4, -0.2) is 33.5 Å². The zero-order valence-electron chi connectivity index (χ0n) is 8.13. The first-order valence-corrected chi connectivity index (χ1v) is 5.44. The van der Waals surface area contributed by atoms with Crippen molar-refractivity contribution < 1.29 is 10.3 Å². The second-order valence-corrected chi connectivity index (χ2v) is 3.91. The van der Waals surface area contributed by atoms with Gasteiger partial charge in [0.25, 0.3) is 0 Å². The van der Waals surface area contributed by atoms with E-state index in [0.29, 0.717) is 5.56 Å². The number of aliphatic hydroxyl groups excluding tert-OH is 1. The van der Waals surface area contributed by atoms with E-state index in [1.54, 1.807) is 30.1 Å². The third-order valence-corrected chi connectivity index (χ3v) is 2.72. The Morgan fingerprint density at radius 1 is 1.53 bits per heavy atom. The van der Waals surface area contributed by atoms with Crippen molar-refractivity contribution in [2.24, 2.45) is 10.9 Å². The highest BCUT2D eigenvalue weighted by atomic mass is 32.2. The fourth-order valence-corrected chi connectivity index (χ4v) is 1.69. The van der Waals surface area contributed by atoms with Gasteiger partial charge in [-0.05, 0) is 18.6 Å². The van der Waals surface area contributed by atoms with E-state index in [4.69, 9.17) is 16.0 Å². The Bertz CT molecular complexity index is 327. The van der Waals surface area contributed by atoms with Crippen molar-refractivity contribution in [3.05, 3.63) is 23.9 Å². The van der Waals surface area contributed by atoms with Crippen LogP contribution in [0.25, 0.3) is 0 Å². The molecule has 0 bridgehead atoms. The number of rotatable bonds is 5. The summed E-state index contributed by atoms with van der Waals surface area (Å²) in [5, 5.41) is 20.8. The average Bonchev–Trinajstić information content (AvgIpc) is 2.29. The molecule has 0 fully saturated rings. The Hall–Kier alpha value is -1.27.